The van der Waals surface area contributed by atoms with E-state index in [1.165, 1.54) is 0 Å². The Morgan fingerprint density at radius 1 is 0.870 bits per heavy atom. The second-order valence-electron chi connectivity index (χ2n) is 13.1. The van der Waals surface area contributed by atoms with Gasteiger partial charge in [-0.05, 0) is 83.4 Å². The summed E-state index contributed by atoms with van der Waals surface area (Å²) in [6.45, 7) is 13.2. The number of benzene rings is 3. The van der Waals surface area contributed by atoms with Crippen LogP contribution in [0.3, 0.4) is 0 Å². The van der Waals surface area contributed by atoms with Crippen LogP contribution in [0.4, 0.5) is 15.3 Å². The van der Waals surface area contributed by atoms with Gasteiger partial charge in [0.15, 0.2) is 0 Å². The molecular formula is C36H44N4O6. The predicted molar refractivity (Wildman–Crippen MR) is 179 cm³/mol. The zero-order chi connectivity index (χ0) is 33.5. The van der Waals surface area contributed by atoms with Gasteiger partial charge in [-0.3, -0.25) is 4.79 Å². The quantitative estimate of drug-likeness (QED) is 0.135. The Balaban J connectivity index is 1.50. The van der Waals surface area contributed by atoms with Gasteiger partial charge < -0.3 is 29.4 Å². The topological polar surface area (TPSA) is 121 Å². The van der Waals surface area contributed by atoms with Crippen molar-refractivity contribution in [2.24, 2.45) is 0 Å². The number of nitrogens with one attached hydrogen (secondary N) is 2. The second kappa shape index (κ2) is 14.5. The van der Waals surface area contributed by atoms with Crippen molar-refractivity contribution in [2.45, 2.75) is 85.5 Å². The highest BCUT2D eigenvalue weighted by molar-refractivity contribution is 5.95. The monoisotopic (exact) mass is 628 g/mol. The summed E-state index contributed by atoms with van der Waals surface area (Å²) in [5.74, 6) is 1.02. The highest BCUT2D eigenvalue weighted by Crippen LogP contribution is 2.31. The lowest BCUT2D eigenvalue weighted by atomic mass is 10.0. The Labute approximate surface area is 270 Å². The molecule has 10 nitrogen and oxygen atoms in total. The lowest BCUT2D eigenvalue weighted by Gasteiger charge is -2.19. The van der Waals surface area contributed by atoms with Crippen LogP contribution in [0.25, 0.3) is 22.2 Å². The van der Waals surface area contributed by atoms with Crippen molar-refractivity contribution in [1.82, 2.24) is 14.9 Å². The molecule has 0 bridgehead atoms. The number of unbranched alkanes of at least 4 members (excludes halogenated alkanes) is 1. The van der Waals surface area contributed by atoms with E-state index in [-0.39, 0.29) is 12.5 Å². The molecule has 2 amide bonds. The third-order valence-electron chi connectivity index (χ3n) is 6.73. The molecule has 0 spiro atoms. The maximum atomic E-state index is 12.5. The van der Waals surface area contributed by atoms with E-state index in [1.54, 1.807) is 47.6 Å². The number of carbonyl (C=O) groups excluding carboxylic acids is 3. The van der Waals surface area contributed by atoms with Crippen LogP contribution in [0.2, 0.25) is 0 Å². The molecule has 0 atom stereocenters. The van der Waals surface area contributed by atoms with Gasteiger partial charge in [-0.1, -0.05) is 55.8 Å². The average molecular weight is 629 g/mol. The summed E-state index contributed by atoms with van der Waals surface area (Å²) < 4.78 is 18.3. The van der Waals surface area contributed by atoms with Gasteiger partial charge in [-0.25, -0.2) is 14.6 Å². The van der Waals surface area contributed by atoms with Gasteiger partial charge in [-0.15, -0.1) is 0 Å². The summed E-state index contributed by atoms with van der Waals surface area (Å²) in [6.07, 6.45) is 1.46. The lowest BCUT2D eigenvalue weighted by Crippen LogP contribution is -2.37. The van der Waals surface area contributed by atoms with E-state index >= 15 is 0 Å². The Hall–Kier alpha value is -4.86. The molecule has 0 saturated carbocycles. The van der Waals surface area contributed by atoms with E-state index in [0.29, 0.717) is 18.0 Å². The van der Waals surface area contributed by atoms with Crippen LogP contribution in [-0.2, 0) is 27.2 Å². The van der Waals surface area contributed by atoms with Crippen LogP contribution >= 0.6 is 0 Å². The minimum atomic E-state index is -0.747. The zero-order valence-electron chi connectivity index (χ0n) is 27.7. The summed E-state index contributed by atoms with van der Waals surface area (Å²) in [6, 6.07) is 21.1. The zero-order valence-corrected chi connectivity index (χ0v) is 27.7. The molecule has 0 aliphatic heterocycles. The minimum Gasteiger partial charge on any atom is -0.444 e. The van der Waals surface area contributed by atoms with E-state index < -0.39 is 23.5 Å². The smallest absolute Gasteiger partial charge is 0.444 e. The fourth-order valence-electron chi connectivity index (χ4n) is 4.76. The molecule has 0 aliphatic carbocycles. The predicted octanol–water partition coefficient (Wildman–Crippen LogP) is 7.87. The molecule has 3 aromatic carbocycles. The number of imidazole rings is 1. The molecule has 244 valence electrons. The number of para-hydroxylation sites is 1. The molecule has 46 heavy (non-hydrogen) atoms. The summed E-state index contributed by atoms with van der Waals surface area (Å²) in [5, 5.41) is 5.30. The number of carbonyl (C=O) groups is 3. The van der Waals surface area contributed by atoms with Gasteiger partial charge in [-0.2, -0.15) is 0 Å². The summed E-state index contributed by atoms with van der Waals surface area (Å²) in [7, 11) is 0. The molecule has 10 heteroatoms. The van der Waals surface area contributed by atoms with Crippen molar-refractivity contribution in [3.8, 4) is 16.9 Å². The molecule has 0 fully saturated rings. The van der Waals surface area contributed by atoms with Gasteiger partial charge in [0, 0.05) is 24.2 Å². The third-order valence-corrected chi connectivity index (χ3v) is 6.73. The van der Waals surface area contributed by atoms with E-state index in [0.717, 1.165) is 52.8 Å². The number of aryl methyl sites for hydroxylation is 1. The molecule has 0 saturated heterocycles. The molecule has 4 aromatic rings. The maximum absolute atomic E-state index is 12.5. The number of alkyl carbamates (subject to hydrolysis) is 1. The average Bonchev–Trinajstić information content (AvgIpc) is 3.30. The first-order valence-electron chi connectivity index (χ1n) is 15.6. The third kappa shape index (κ3) is 9.82. The SMILES string of the molecule is CCCCc1nc2cc(NC(=O)CNC(=O)OC(C)(C)C)ccc2n1Cc1ccc(-c2ccccc2OC(=O)OC(C)(C)C)cc1. The van der Waals surface area contributed by atoms with E-state index in [9.17, 15) is 14.4 Å². The summed E-state index contributed by atoms with van der Waals surface area (Å²) >= 11 is 0. The molecule has 0 radical (unpaired) electrons. The number of amides is 2. The van der Waals surface area contributed by atoms with Crippen molar-refractivity contribution in [2.75, 3.05) is 11.9 Å². The number of aromatic nitrogens is 2. The Kier molecular flexibility index (Phi) is 10.7. The van der Waals surface area contributed by atoms with Gasteiger partial charge in [0.05, 0.1) is 11.0 Å². The van der Waals surface area contributed by atoms with Crippen molar-refractivity contribution in [3.05, 3.63) is 78.1 Å². The maximum Gasteiger partial charge on any atom is 0.514 e. The lowest BCUT2D eigenvalue weighted by molar-refractivity contribution is -0.115. The number of rotatable bonds is 10. The van der Waals surface area contributed by atoms with Crippen molar-refractivity contribution in [1.29, 1.82) is 0 Å². The summed E-state index contributed by atoms with van der Waals surface area (Å²) in [4.78, 5) is 41.7. The van der Waals surface area contributed by atoms with Gasteiger partial charge >= 0.3 is 12.2 Å². The van der Waals surface area contributed by atoms with Gasteiger partial charge in [0.1, 0.15) is 29.3 Å². The van der Waals surface area contributed by atoms with Crippen LogP contribution in [0.1, 0.15) is 72.7 Å². The highest BCUT2D eigenvalue weighted by Gasteiger charge is 2.20. The van der Waals surface area contributed by atoms with E-state index in [1.807, 2.05) is 48.5 Å². The van der Waals surface area contributed by atoms with Gasteiger partial charge in [0.2, 0.25) is 5.91 Å². The van der Waals surface area contributed by atoms with E-state index in [2.05, 4.69) is 34.3 Å². The van der Waals surface area contributed by atoms with Crippen molar-refractivity contribution < 1.29 is 28.6 Å². The summed E-state index contributed by atoms with van der Waals surface area (Å²) in [5.41, 5.74) is 3.79. The molecule has 1 aromatic heterocycles. The van der Waals surface area contributed by atoms with Crippen molar-refractivity contribution >= 4 is 34.9 Å². The Morgan fingerprint density at radius 3 is 2.24 bits per heavy atom. The number of anilines is 1. The molecular weight excluding hydrogens is 584 g/mol. The number of nitrogens with zero attached hydrogens (tertiary/aromatic N) is 2. The Morgan fingerprint density at radius 2 is 1.57 bits per heavy atom. The number of hydrogen-bond donors (Lipinski definition) is 2. The van der Waals surface area contributed by atoms with Crippen LogP contribution in [-0.4, -0.2) is 45.5 Å². The second-order valence-corrected chi connectivity index (χ2v) is 13.1. The normalized spacial score (nSPS) is 11.6. The van der Waals surface area contributed by atoms with Crippen LogP contribution in [0.5, 0.6) is 5.75 Å². The first kappa shape index (κ1) is 34.0. The van der Waals surface area contributed by atoms with Crippen LogP contribution in [0.15, 0.2) is 66.7 Å². The number of ether oxygens (including phenoxy) is 3. The molecule has 0 aliphatic rings. The standard InChI is InChI=1S/C36H44N4O6/c1-8-9-14-31-39-28-21-26(38-32(41)22-37-33(42)45-35(2,3)4)19-20-29(28)40(31)23-24-15-17-25(18-16-24)27-12-10-11-13-30(27)44-34(43)46-36(5,6)7/h10-13,15-21H,8-9,14,22-23H2,1-7H3,(H,37,42)(H,38,41). The molecule has 1 heterocycles. The molecule has 4 rings (SSSR count). The Bertz CT molecular complexity index is 1680. The molecule has 2 N–H and O–H groups in total. The fraction of sp³-hybridized carbons (Fsp3) is 0.389. The largest absolute Gasteiger partial charge is 0.514 e. The first-order valence-corrected chi connectivity index (χ1v) is 15.6. The highest BCUT2D eigenvalue weighted by atomic mass is 16.7. The van der Waals surface area contributed by atoms with Gasteiger partial charge in [0.25, 0.3) is 0 Å². The van der Waals surface area contributed by atoms with E-state index in [4.69, 9.17) is 19.2 Å². The van der Waals surface area contributed by atoms with Crippen LogP contribution < -0.4 is 15.4 Å². The number of fused-ring (bicyclic) bond motifs is 1. The fourth-order valence-corrected chi connectivity index (χ4v) is 4.76. The van der Waals surface area contributed by atoms with Crippen molar-refractivity contribution in [3.63, 3.8) is 0 Å². The first-order chi connectivity index (χ1) is 21.7. The minimum absolute atomic E-state index is 0.212. The number of hydrogen-bond acceptors (Lipinski definition) is 7. The molecule has 0 unspecified atom stereocenters. The van der Waals surface area contributed by atoms with Crippen LogP contribution in [0, 0.1) is 0 Å².